The monoisotopic (exact) mass is 265 g/mol. The van der Waals surface area contributed by atoms with E-state index in [2.05, 4.69) is 39.9 Å². The molecule has 0 radical (unpaired) electrons. The first-order valence-corrected chi connectivity index (χ1v) is 7.30. The van der Waals surface area contributed by atoms with Crippen LogP contribution in [0.25, 0.3) is 0 Å². The maximum Gasteiger partial charge on any atom is 0.123 e. The summed E-state index contributed by atoms with van der Waals surface area (Å²) in [7, 11) is 0. The van der Waals surface area contributed by atoms with Crippen LogP contribution >= 0.6 is 0 Å². The number of hydrogen-bond donors (Lipinski definition) is 1. The van der Waals surface area contributed by atoms with Gasteiger partial charge in [-0.1, -0.05) is 33.8 Å². The molecular weight excluding hydrogens is 237 g/mol. The van der Waals surface area contributed by atoms with Gasteiger partial charge in [0.2, 0.25) is 0 Å². The fraction of sp³-hybridized carbons (Fsp3) is 0.647. The molecule has 1 aromatic rings. The van der Waals surface area contributed by atoms with E-state index in [9.17, 15) is 4.39 Å². The van der Waals surface area contributed by atoms with Gasteiger partial charge < -0.3 is 5.32 Å². The van der Waals surface area contributed by atoms with E-state index in [-0.39, 0.29) is 11.2 Å². The summed E-state index contributed by atoms with van der Waals surface area (Å²) in [5, 5.41) is 3.60. The van der Waals surface area contributed by atoms with Crippen molar-refractivity contribution in [3.63, 3.8) is 0 Å². The lowest BCUT2D eigenvalue weighted by Crippen LogP contribution is -2.35. The Labute approximate surface area is 117 Å². The van der Waals surface area contributed by atoms with Crippen molar-refractivity contribution in [2.24, 2.45) is 5.41 Å². The predicted molar refractivity (Wildman–Crippen MR) is 81.0 cm³/mol. The Bertz CT molecular complexity index is 393. The summed E-state index contributed by atoms with van der Waals surface area (Å²) in [6.45, 7) is 12.0. The number of aryl methyl sites for hydroxylation is 1. The normalized spacial score (nSPS) is 13.6. The van der Waals surface area contributed by atoms with Crippen molar-refractivity contribution in [1.29, 1.82) is 0 Å². The summed E-state index contributed by atoms with van der Waals surface area (Å²) < 4.78 is 13.4. The average molecular weight is 265 g/mol. The highest BCUT2D eigenvalue weighted by atomic mass is 19.1. The second kappa shape index (κ2) is 7.04. The molecular formula is C17H28FN. The van der Waals surface area contributed by atoms with Gasteiger partial charge in [0.15, 0.2) is 0 Å². The molecule has 1 nitrogen and oxygen atoms in total. The van der Waals surface area contributed by atoms with Crippen molar-refractivity contribution < 1.29 is 4.39 Å². The van der Waals surface area contributed by atoms with Crippen molar-refractivity contribution in [2.45, 2.75) is 59.9 Å². The number of benzene rings is 1. The van der Waals surface area contributed by atoms with Gasteiger partial charge in [0, 0.05) is 6.04 Å². The molecule has 19 heavy (non-hydrogen) atoms. The van der Waals surface area contributed by atoms with Crippen molar-refractivity contribution in [1.82, 2.24) is 5.32 Å². The lowest BCUT2D eigenvalue weighted by atomic mass is 9.85. The van der Waals surface area contributed by atoms with Gasteiger partial charge in [0.05, 0.1) is 0 Å². The van der Waals surface area contributed by atoms with E-state index in [4.69, 9.17) is 0 Å². The van der Waals surface area contributed by atoms with Crippen LogP contribution in [0.15, 0.2) is 18.2 Å². The van der Waals surface area contributed by atoms with Crippen LogP contribution in [0.5, 0.6) is 0 Å². The quantitative estimate of drug-likeness (QED) is 0.799. The second-order valence-corrected chi connectivity index (χ2v) is 6.69. The van der Waals surface area contributed by atoms with E-state index in [1.807, 2.05) is 6.07 Å². The first-order valence-electron chi connectivity index (χ1n) is 7.30. The molecule has 0 fully saturated rings. The van der Waals surface area contributed by atoms with Gasteiger partial charge in [-0.05, 0) is 61.4 Å². The first-order chi connectivity index (χ1) is 8.81. The Hall–Kier alpha value is -0.890. The Morgan fingerprint density at radius 1 is 1.26 bits per heavy atom. The summed E-state index contributed by atoms with van der Waals surface area (Å²) in [6, 6.07) is 5.51. The van der Waals surface area contributed by atoms with Crippen LogP contribution < -0.4 is 5.32 Å². The molecule has 2 heteroatoms. The number of rotatable bonds is 6. The van der Waals surface area contributed by atoms with Gasteiger partial charge in [-0.25, -0.2) is 4.39 Å². The van der Waals surface area contributed by atoms with Crippen molar-refractivity contribution in [3.05, 3.63) is 35.1 Å². The highest BCUT2D eigenvalue weighted by Gasteiger charge is 2.19. The zero-order valence-electron chi connectivity index (χ0n) is 13.0. The maximum absolute atomic E-state index is 13.4. The van der Waals surface area contributed by atoms with E-state index in [0.29, 0.717) is 6.04 Å². The zero-order chi connectivity index (χ0) is 14.5. The zero-order valence-corrected chi connectivity index (χ0v) is 13.0. The second-order valence-electron chi connectivity index (χ2n) is 6.69. The van der Waals surface area contributed by atoms with Crippen molar-refractivity contribution >= 4 is 0 Å². The Morgan fingerprint density at radius 3 is 2.53 bits per heavy atom. The highest BCUT2D eigenvalue weighted by Crippen LogP contribution is 2.23. The highest BCUT2D eigenvalue weighted by molar-refractivity contribution is 5.27. The van der Waals surface area contributed by atoms with E-state index < -0.39 is 0 Å². The minimum Gasteiger partial charge on any atom is -0.314 e. The Kier molecular flexibility index (Phi) is 5.99. The van der Waals surface area contributed by atoms with Crippen LogP contribution in [-0.4, -0.2) is 12.6 Å². The van der Waals surface area contributed by atoms with Crippen LogP contribution in [0, 0.1) is 18.2 Å². The van der Waals surface area contributed by atoms with E-state index in [1.165, 1.54) is 11.6 Å². The number of nitrogens with one attached hydrogen (secondary N) is 1. The van der Waals surface area contributed by atoms with Crippen LogP contribution in [-0.2, 0) is 6.42 Å². The molecule has 0 aliphatic rings. The Balaban J connectivity index is 2.78. The van der Waals surface area contributed by atoms with Crippen LogP contribution in [0.3, 0.4) is 0 Å². The maximum atomic E-state index is 13.4. The SMILES string of the molecule is CCCNC(Cc1cc(F)ccc1C)CC(C)(C)C. The molecule has 1 atom stereocenters. The summed E-state index contributed by atoms with van der Waals surface area (Å²) in [5.74, 6) is -0.134. The molecule has 108 valence electrons. The van der Waals surface area contributed by atoms with Crippen LogP contribution in [0.2, 0.25) is 0 Å². The molecule has 1 rings (SSSR count). The molecule has 0 aliphatic carbocycles. The molecule has 0 heterocycles. The van der Waals surface area contributed by atoms with Gasteiger partial charge in [-0.3, -0.25) is 0 Å². The van der Waals surface area contributed by atoms with Crippen LogP contribution in [0.1, 0.15) is 51.7 Å². The molecule has 0 amide bonds. The third-order valence-corrected chi connectivity index (χ3v) is 3.32. The number of halogens is 1. The van der Waals surface area contributed by atoms with E-state index in [1.54, 1.807) is 6.07 Å². The molecule has 0 aromatic heterocycles. The predicted octanol–water partition coefficient (Wildman–Crippen LogP) is 4.48. The standard InChI is InChI=1S/C17H28FN/c1-6-9-19-16(12-17(3,4)5)11-14-10-15(18)8-7-13(14)2/h7-8,10,16,19H,6,9,11-12H2,1-5H3. The lowest BCUT2D eigenvalue weighted by Gasteiger charge is -2.27. The minimum absolute atomic E-state index is 0.134. The Morgan fingerprint density at radius 2 is 1.95 bits per heavy atom. The summed E-state index contributed by atoms with van der Waals surface area (Å²) in [6.07, 6.45) is 3.13. The molecule has 0 aliphatic heterocycles. The largest absolute Gasteiger partial charge is 0.314 e. The summed E-state index contributed by atoms with van der Waals surface area (Å²) >= 11 is 0. The molecule has 1 N–H and O–H groups in total. The molecule has 0 saturated carbocycles. The van der Waals surface area contributed by atoms with Crippen LogP contribution in [0.4, 0.5) is 4.39 Å². The minimum atomic E-state index is -0.134. The molecule has 0 saturated heterocycles. The van der Waals surface area contributed by atoms with Crippen molar-refractivity contribution in [3.8, 4) is 0 Å². The third kappa shape index (κ3) is 6.20. The summed E-state index contributed by atoms with van der Waals surface area (Å²) in [5.41, 5.74) is 2.59. The lowest BCUT2D eigenvalue weighted by molar-refractivity contribution is 0.306. The van der Waals surface area contributed by atoms with Gasteiger partial charge in [-0.2, -0.15) is 0 Å². The molecule has 1 aromatic carbocycles. The van der Waals surface area contributed by atoms with Gasteiger partial charge in [-0.15, -0.1) is 0 Å². The molecule has 0 bridgehead atoms. The smallest absolute Gasteiger partial charge is 0.123 e. The fourth-order valence-electron chi connectivity index (χ4n) is 2.43. The third-order valence-electron chi connectivity index (χ3n) is 3.32. The number of hydrogen-bond acceptors (Lipinski definition) is 1. The van der Waals surface area contributed by atoms with E-state index in [0.717, 1.165) is 31.4 Å². The van der Waals surface area contributed by atoms with E-state index >= 15 is 0 Å². The van der Waals surface area contributed by atoms with Crippen molar-refractivity contribution in [2.75, 3.05) is 6.54 Å². The average Bonchev–Trinajstić information content (AvgIpc) is 2.29. The molecule has 1 unspecified atom stereocenters. The first kappa shape index (κ1) is 16.2. The van der Waals surface area contributed by atoms with Gasteiger partial charge >= 0.3 is 0 Å². The topological polar surface area (TPSA) is 12.0 Å². The molecule has 0 spiro atoms. The fourth-order valence-corrected chi connectivity index (χ4v) is 2.43. The van der Waals surface area contributed by atoms with Gasteiger partial charge in [0.25, 0.3) is 0 Å². The van der Waals surface area contributed by atoms with Gasteiger partial charge in [0.1, 0.15) is 5.82 Å². The summed E-state index contributed by atoms with van der Waals surface area (Å²) in [4.78, 5) is 0.